The lowest BCUT2D eigenvalue weighted by molar-refractivity contribution is -0.116. The molecule has 0 fully saturated rings. The third-order valence-electron chi connectivity index (χ3n) is 2.06. The van der Waals surface area contributed by atoms with Gasteiger partial charge in [-0.2, -0.15) is 0 Å². The van der Waals surface area contributed by atoms with Gasteiger partial charge in [0.05, 0.1) is 0 Å². The molecule has 1 nitrogen and oxygen atoms in total. The highest BCUT2D eigenvalue weighted by Crippen LogP contribution is 2.21. The molecular formula is C12H14F2O. The summed E-state index contributed by atoms with van der Waals surface area (Å²) >= 11 is 0. The molecule has 0 atom stereocenters. The van der Waals surface area contributed by atoms with Gasteiger partial charge in [-0.25, -0.2) is 8.78 Å². The standard InChI is InChI=1S/C12H14F2O/c1-9(15)7-10-5-3-4-6-11(10)8-12(2,13)14/h3-6H,7-8H2,1-2H3. The van der Waals surface area contributed by atoms with Crippen molar-refractivity contribution in [2.75, 3.05) is 0 Å². The van der Waals surface area contributed by atoms with E-state index in [2.05, 4.69) is 0 Å². The van der Waals surface area contributed by atoms with Crippen LogP contribution in [0, 0.1) is 0 Å². The molecule has 0 unspecified atom stereocenters. The molecule has 0 spiro atoms. The Labute approximate surface area is 88.1 Å². The van der Waals surface area contributed by atoms with E-state index in [1.807, 2.05) is 0 Å². The first-order valence-electron chi connectivity index (χ1n) is 4.82. The molecule has 1 aromatic rings. The molecule has 0 aromatic heterocycles. The second-order valence-corrected chi connectivity index (χ2v) is 3.89. The smallest absolute Gasteiger partial charge is 0.249 e. The maximum Gasteiger partial charge on any atom is 0.249 e. The van der Waals surface area contributed by atoms with E-state index >= 15 is 0 Å². The lowest BCUT2D eigenvalue weighted by Gasteiger charge is -2.13. The molecule has 0 heterocycles. The first-order valence-corrected chi connectivity index (χ1v) is 4.82. The second kappa shape index (κ2) is 4.51. The maximum atomic E-state index is 12.8. The number of ketones is 1. The van der Waals surface area contributed by atoms with E-state index in [9.17, 15) is 13.6 Å². The summed E-state index contributed by atoms with van der Waals surface area (Å²) in [6.07, 6.45) is -0.0806. The first kappa shape index (κ1) is 11.8. The van der Waals surface area contributed by atoms with Crippen molar-refractivity contribution in [1.29, 1.82) is 0 Å². The fourth-order valence-electron chi connectivity index (χ4n) is 1.51. The van der Waals surface area contributed by atoms with E-state index in [0.717, 1.165) is 6.92 Å². The van der Waals surface area contributed by atoms with Gasteiger partial charge in [0.15, 0.2) is 0 Å². The lowest BCUT2D eigenvalue weighted by Crippen LogP contribution is -2.15. The Morgan fingerprint density at radius 2 is 1.80 bits per heavy atom. The summed E-state index contributed by atoms with van der Waals surface area (Å²) in [4.78, 5) is 10.9. The van der Waals surface area contributed by atoms with Gasteiger partial charge in [-0.05, 0) is 25.0 Å². The number of hydrogen-bond donors (Lipinski definition) is 0. The van der Waals surface area contributed by atoms with Gasteiger partial charge in [-0.15, -0.1) is 0 Å². The average Bonchev–Trinajstić information content (AvgIpc) is 2.05. The van der Waals surface area contributed by atoms with Crippen LogP contribution in [0.3, 0.4) is 0 Å². The summed E-state index contributed by atoms with van der Waals surface area (Å²) in [5, 5.41) is 0. The van der Waals surface area contributed by atoms with Gasteiger partial charge in [-0.1, -0.05) is 24.3 Å². The number of rotatable bonds is 4. The topological polar surface area (TPSA) is 17.1 Å². The van der Waals surface area contributed by atoms with Crippen LogP contribution < -0.4 is 0 Å². The van der Waals surface area contributed by atoms with Crippen LogP contribution in [0.1, 0.15) is 25.0 Å². The fraction of sp³-hybridized carbons (Fsp3) is 0.417. The molecule has 3 heteroatoms. The minimum atomic E-state index is -2.73. The van der Waals surface area contributed by atoms with Crippen LogP contribution in [-0.2, 0) is 17.6 Å². The van der Waals surface area contributed by atoms with E-state index in [-0.39, 0.29) is 18.6 Å². The molecule has 1 aromatic carbocycles. The van der Waals surface area contributed by atoms with Gasteiger partial charge in [-0.3, -0.25) is 4.79 Å². The zero-order chi connectivity index (χ0) is 11.5. The molecule has 0 aliphatic rings. The van der Waals surface area contributed by atoms with Crippen LogP contribution in [0.4, 0.5) is 8.78 Å². The molecule has 0 aliphatic carbocycles. The third kappa shape index (κ3) is 4.19. The van der Waals surface area contributed by atoms with Crippen LogP contribution in [0.15, 0.2) is 24.3 Å². The highest BCUT2D eigenvalue weighted by Gasteiger charge is 2.22. The molecule has 15 heavy (non-hydrogen) atoms. The minimum absolute atomic E-state index is 0.0122. The molecule has 1 rings (SSSR count). The number of carbonyl (C=O) groups is 1. The molecule has 82 valence electrons. The summed E-state index contributed by atoms with van der Waals surface area (Å²) in [5.74, 6) is -2.74. The van der Waals surface area contributed by atoms with Crippen molar-refractivity contribution in [2.45, 2.75) is 32.6 Å². The van der Waals surface area contributed by atoms with Crippen LogP contribution in [0.2, 0.25) is 0 Å². The Morgan fingerprint density at radius 3 is 2.27 bits per heavy atom. The summed E-state index contributed by atoms with van der Waals surface area (Å²) in [7, 11) is 0. The Morgan fingerprint density at radius 1 is 1.27 bits per heavy atom. The van der Waals surface area contributed by atoms with E-state index in [1.165, 1.54) is 6.92 Å². The Bertz CT molecular complexity index is 353. The van der Waals surface area contributed by atoms with E-state index in [0.29, 0.717) is 11.1 Å². The summed E-state index contributed by atoms with van der Waals surface area (Å²) < 4.78 is 25.7. The predicted octanol–water partition coefficient (Wildman–Crippen LogP) is 3.02. The van der Waals surface area contributed by atoms with Crippen molar-refractivity contribution < 1.29 is 13.6 Å². The van der Waals surface area contributed by atoms with Crippen LogP contribution in [-0.4, -0.2) is 11.7 Å². The third-order valence-corrected chi connectivity index (χ3v) is 2.06. The average molecular weight is 212 g/mol. The van der Waals surface area contributed by atoms with Crippen molar-refractivity contribution in [2.24, 2.45) is 0 Å². The van der Waals surface area contributed by atoms with Gasteiger partial charge in [0.2, 0.25) is 5.92 Å². The molecule has 0 saturated carbocycles. The molecule has 0 radical (unpaired) electrons. The molecule has 0 bridgehead atoms. The summed E-state index contributed by atoms with van der Waals surface area (Å²) in [6, 6.07) is 6.85. The largest absolute Gasteiger partial charge is 0.300 e. The maximum absolute atomic E-state index is 12.8. The number of carbonyl (C=O) groups excluding carboxylic acids is 1. The van der Waals surface area contributed by atoms with Gasteiger partial charge in [0, 0.05) is 12.8 Å². The quantitative estimate of drug-likeness (QED) is 0.749. The van der Waals surface area contributed by atoms with Crippen molar-refractivity contribution in [3.63, 3.8) is 0 Å². The first-order chi connectivity index (χ1) is 6.88. The highest BCUT2D eigenvalue weighted by molar-refractivity contribution is 5.78. The number of benzene rings is 1. The number of Topliss-reactive ketones (excluding diaryl/α,β-unsaturated/α-hetero) is 1. The zero-order valence-corrected chi connectivity index (χ0v) is 8.89. The lowest BCUT2D eigenvalue weighted by atomic mass is 9.98. The van der Waals surface area contributed by atoms with E-state index < -0.39 is 5.92 Å². The number of hydrogen-bond acceptors (Lipinski definition) is 1. The Kier molecular flexibility index (Phi) is 3.56. The van der Waals surface area contributed by atoms with Crippen molar-refractivity contribution in [1.82, 2.24) is 0 Å². The fourth-order valence-corrected chi connectivity index (χ4v) is 1.51. The van der Waals surface area contributed by atoms with Crippen molar-refractivity contribution >= 4 is 5.78 Å². The van der Waals surface area contributed by atoms with Crippen molar-refractivity contribution in [3.8, 4) is 0 Å². The van der Waals surface area contributed by atoms with Crippen LogP contribution >= 0.6 is 0 Å². The summed E-state index contributed by atoms with van der Waals surface area (Å²) in [5.41, 5.74) is 1.26. The molecular weight excluding hydrogens is 198 g/mol. The van der Waals surface area contributed by atoms with Crippen LogP contribution in [0.5, 0.6) is 0 Å². The highest BCUT2D eigenvalue weighted by atomic mass is 19.3. The zero-order valence-electron chi connectivity index (χ0n) is 8.89. The van der Waals surface area contributed by atoms with Crippen molar-refractivity contribution in [3.05, 3.63) is 35.4 Å². The Hall–Kier alpha value is -1.25. The van der Waals surface area contributed by atoms with Gasteiger partial charge in [0.25, 0.3) is 0 Å². The molecule has 0 amide bonds. The van der Waals surface area contributed by atoms with Gasteiger partial charge >= 0.3 is 0 Å². The van der Waals surface area contributed by atoms with E-state index in [4.69, 9.17) is 0 Å². The van der Waals surface area contributed by atoms with Gasteiger partial charge < -0.3 is 0 Å². The van der Waals surface area contributed by atoms with E-state index in [1.54, 1.807) is 24.3 Å². The second-order valence-electron chi connectivity index (χ2n) is 3.89. The van der Waals surface area contributed by atoms with Gasteiger partial charge in [0.1, 0.15) is 5.78 Å². The number of halogens is 2. The summed E-state index contributed by atoms with van der Waals surface area (Å²) in [6.45, 7) is 2.35. The minimum Gasteiger partial charge on any atom is -0.300 e. The molecule has 0 N–H and O–H groups in total. The predicted molar refractivity (Wildman–Crippen MR) is 55.2 cm³/mol. The molecule has 0 aliphatic heterocycles. The SMILES string of the molecule is CC(=O)Cc1ccccc1CC(C)(F)F. The molecule has 0 saturated heterocycles. The monoisotopic (exact) mass is 212 g/mol. The normalized spacial score (nSPS) is 11.5. The Balaban J connectivity index is 2.91. The number of alkyl halides is 2. The van der Waals surface area contributed by atoms with Crippen LogP contribution in [0.25, 0.3) is 0 Å².